The Bertz CT molecular complexity index is 664. The van der Waals surface area contributed by atoms with Crippen molar-refractivity contribution in [1.29, 1.82) is 0 Å². The number of hydrogen-bond donors (Lipinski definition) is 2. The summed E-state index contributed by atoms with van der Waals surface area (Å²) in [5.41, 5.74) is 12.9. The SMILES string of the molecule is NC(=O)c1nc2c(N3CCC(N)CC3)c(Cl)ccc2s1. The van der Waals surface area contributed by atoms with Gasteiger partial charge in [0, 0.05) is 19.1 Å². The first-order chi connectivity index (χ1) is 9.56. The van der Waals surface area contributed by atoms with Crippen LogP contribution in [0.3, 0.4) is 0 Å². The first-order valence-electron chi connectivity index (χ1n) is 6.45. The van der Waals surface area contributed by atoms with Crippen molar-refractivity contribution in [3.63, 3.8) is 0 Å². The second-order valence-corrected chi connectivity index (χ2v) is 6.39. The van der Waals surface area contributed by atoms with E-state index in [-0.39, 0.29) is 6.04 Å². The van der Waals surface area contributed by atoms with Crippen LogP contribution < -0.4 is 16.4 Å². The number of amides is 1. The number of nitrogens with two attached hydrogens (primary N) is 2. The van der Waals surface area contributed by atoms with Gasteiger partial charge < -0.3 is 16.4 Å². The molecule has 3 rings (SSSR count). The Hall–Kier alpha value is -1.37. The van der Waals surface area contributed by atoms with E-state index in [2.05, 4.69) is 9.88 Å². The van der Waals surface area contributed by atoms with E-state index < -0.39 is 5.91 Å². The van der Waals surface area contributed by atoms with Gasteiger partial charge in [-0.3, -0.25) is 4.79 Å². The molecule has 7 heteroatoms. The van der Waals surface area contributed by atoms with Gasteiger partial charge in [0.05, 0.1) is 15.4 Å². The van der Waals surface area contributed by atoms with Gasteiger partial charge in [-0.2, -0.15) is 0 Å². The average Bonchev–Trinajstić information content (AvgIpc) is 2.84. The highest BCUT2D eigenvalue weighted by Crippen LogP contribution is 2.37. The van der Waals surface area contributed by atoms with Crippen molar-refractivity contribution in [2.45, 2.75) is 18.9 Å². The number of rotatable bonds is 2. The molecular weight excluding hydrogens is 296 g/mol. The summed E-state index contributed by atoms with van der Waals surface area (Å²) in [6.45, 7) is 1.70. The number of hydrogen-bond acceptors (Lipinski definition) is 5. The van der Waals surface area contributed by atoms with Crippen molar-refractivity contribution in [2.75, 3.05) is 18.0 Å². The van der Waals surface area contributed by atoms with E-state index in [1.54, 1.807) is 0 Å². The lowest BCUT2D eigenvalue weighted by molar-refractivity contribution is 0.1000. The van der Waals surface area contributed by atoms with Gasteiger partial charge in [-0.1, -0.05) is 11.6 Å². The highest BCUT2D eigenvalue weighted by atomic mass is 35.5. The Labute approximate surface area is 125 Å². The van der Waals surface area contributed by atoms with Gasteiger partial charge in [0.1, 0.15) is 5.52 Å². The fourth-order valence-corrected chi connectivity index (χ4v) is 3.58. The molecular formula is C13H15ClN4OS. The fourth-order valence-electron chi connectivity index (χ4n) is 2.48. The molecule has 1 fully saturated rings. The Morgan fingerprint density at radius 3 is 2.75 bits per heavy atom. The second-order valence-electron chi connectivity index (χ2n) is 4.95. The van der Waals surface area contributed by atoms with E-state index in [9.17, 15) is 4.79 Å². The molecule has 1 aliphatic rings. The number of aromatic nitrogens is 1. The average molecular weight is 311 g/mol. The lowest BCUT2D eigenvalue weighted by atomic mass is 10.1. The van der Waals surface area contributed by atoms with E-state index in [0.29, 0.717) is 10.0 Å². The minimum atomic E-state index is -0.506. The molecule has 5 nitrogen and oxygen atoms in total. The van der Waals surface area contributed by atoms with Gasteiger partial charge in [-0.15, -0.1) is 11.3 Å². The monoisotopic (exact) mass is 310 g/mol. The van der Waals surface area contributed by atoms with Crippen molar-refractivity contribution in [2.24, 2.45) is 11.5 Å². The molecule has 1 aromatic carbocycles. The van der Waals surface area contributed by atoms with Gasteiger partial charge in [-0.05, 0) is 25.0 Å². The Morgan fingerprint density at radius 1 is 1.40 bits per heavy atom. The molecule has 0 unspecified atom stereocenters. The molecule has 0 aliphatic carbocycles. The molecule has 1 aromatic heterocycles. The molecule has 1 saturated heterocycles. The normalized spacial score (nSPS) is 16.8. The summed E-state index contributed by atoms with van der Waals surface area (Å²) in [6.07, 6.45) is 1.86. The highest BCUT2D eigenvalue weighted by molar-refractivity contribution is 7.20. The van der Waals surface area contributed by atoms with Crippen molar-refractivity contribution in [1.82, 2.24) is 4.98 Å². The molecule has 2 aromatic rings. The first kappa shape index (κ1) is 13.6. The Morgan fingerprint density at radius 2 is 2.10 bits per heavy atom. The van der Waals surface area contributed by atoms with Crippen molar-refractivity contribution < 1.29 is 4.79 Å². The van der Waals surface area contributed by atoms with Crippen LogP contribution in [0.2, 0.25) is 5.02 Å². The number of nitrogens with zero attached hydrogens (tertiary/aromatic N) is 2. The number of thiazole rings is 1. The fraction of sp³-hybridized carbons (Fsp3) is 0.385. The van der Waals surface area contributed by atoms with Gasteiger partial charge in [0.15, 0.2) is 5.01 Å². The minimum Gasteiger partial charge on any atom is -0.368 e. The maximum atomic E-state index is 11.3. The van der Waals surface area contributed by atoms with Crippen LogP contribution in [-0.2, 0) is 0 Å². The van der Waals surface area contributed by atoms with Gasteiger partial charge in [-0.25, -0.2) is 4.98 Å². The standard InChI is InChI=1S/C13H15ClN4OS/c14-8-1-2-9-10(17-13(20-9)12(16)19)11(8)18-5-3-7(15)4-6-18/h1-2,7H,3-6,15H2,(H2,16,19). The number of primary amides is 1. The summed E-state index contributed by atoms with van der Waals surface area (Å²) in [4.78, 5) is 17.8. The molecule has 0 radical (unpaired) electrons. The number of halogens is 1. The van der Waals surface area contributed by atoms with E-state index in [1.807, 2.05) is 12.1 Å². The van der Waals surface area contributed by atoms with Crippen LogP contribution in [0.5, 0.6) is 0 Å². The van der Waals surface area contributed by atoms with Crippen LogP contribution in [0.1, 0.15) is 22.6 Å². The van der Waals surface area contributed by atoms with Crippen LogP contribution in [0.4, 0.5) is 5.69 Å². The number of anilines is 1. The van der Waals surface area contributed by atoms with Crippen LogP contribution in [0.15, 0.2) is 12.1 Å². The van der Waals surface area contributed by atoms with Crippen LogP contribution in [0, 0.1) is 0 Å². The summed E-state index contributed by atoms with van der Waals surface area (Å²) in [5, 5.41) is 0.964. The molecule has 1 aliphatic heterocycles. The summed E-state index contributed by atoms with van der Waals surface area (Å²) in [7, 11) is 0. The lowest BCUT2D eigenvalue weighted by Gasteiger charge is -2.32. The topological polar surface area (TPSA) is 85.2 Å². The Kier molecular flexibility index (Phi) is 3.54. The summed E-state index contributed by atoms with van der Waals surface area (Å²) < 4.78 is 0.924. The number of benzene rings is 1. The van der Waals surface area contributed by atoms with E-state index in [1.165, 1.54) is 11.3 Å². The predicted molar refractivity (Wildman–Crippen MR) is 82.6 cm³/mol. The second kappa shape index (κ2) is 5.20. The maximum Gasteiger partial charge on any atom is 0.277 e. The molecule has 2 heterocycles. The maximum absolute atomic E-state index is 11.3. The summed E-state index contributed by atoms with van der Waals surface area (Å²) >= 11 is 7.63. The number of carbonyl (C=O) groups is 1. The molecule has 4 N–H and O–H groups in total. The summed E-state index contributed by atoms with van der Waals surface area (Å²) in [5.74, 6) is -0.506. The van der Waals surface area contributed by atoms with Crippen LogP contribution >= 0.6 is 22.9 Å². The third kappa shape index (κ3) is 2.34. The number of fused-ring (bicyclic) bond motifs is 1. The molecule has 0 saturated carbocycles. The molecule has 20 heavy (non-hydrogen) atoms. The van der Waals surface area contributed by atoms with Gasteiger partial charge in [0.25, 0.3) is 5.91 Å². The quantitative estimate of drug-likeness (QED) is 0.888. The molecule has 0 atom stereocenters. The summed E-state index contributed by atoms with van der Waals surface area (Å²) in [6, 6.07) is 3.97. The van der Waals surface area contributed by atoms with Crippen molar-refractivity contribution in [3.05, 3.63) is 22.2 Å². The van der Waals surface area contributed by atoms with Crippen LogP contribution in [-0.4, -0.2) is 30.0 Å². The molecule has 0 spiro atoms. The molecule has 0 bridgehead atoms. The van der Waals surface area contributed by atoms with Crippen molar-refractivity contribution in [3.8, 4) is 0 Å². The first-order valence-corrected chi connectivity index (χ1v) is 7.65. The zero-order chi connectivity index (χ0) is 14.3. The van der Waals surface area contributed by atoms with Gasteiger partial charge in [0.2, 0.25) is 0 Å². The zero-order valence-electron chi connectivity index (χ0n) is 10.8. The third-order valence-electron chi connectivity index (χ3n) is 3.55. The minimum absolute atomic E-state index is 0.251. The van der Waals surface area contributed by atoms with E-state index >= 15 is 0 Å². The zero-order valence-corrected chi connectivity index (χ0v) is 12.4. The third-order valence-corrected chi connectivity index (χ3v) is 4.89. The van der Waals surface area contributed by atoms with Gasteiger partial charge >= 0.3 is 0 Å². The molecule has 1 amide bonds. The van der Waals surface area contributed by atoms with Crippen molar-refractivity contribution >= 4 is 44.7 Å². The Balaban J connectivity index is 2.08. The smallest absolute Gasteiger partial charge is 0.277 e. The van der Waals surface area contributed by atoms with E-state index in [4.69, 9.17) is 23.1 Å². The number of piperidine rings is 1. The van der Waals surface area contributed by atoms with Crippen LogP contribution in [0.25, 0.3) is 10.2 Å². The molecule has 106 valence electrons. The largest absolute Gasteiger partial charge is 0.368 e. The van der Waals surface area contributed by atoms with E-state index in [0.717, 1.165) is 41.8 Å². The number of carbonyl (C=O) groups excluding carboxylic acids is 1. The highest BCUT2D eigenvalue weighted by Gasteiger charge is 2.22. The predicted octanol–water partition coefficient (Wildman–Crippen LogP) is 1.98. The lowest BCUT2D eigenvalue weighted by Crippen LogP contribution is -2.39.